The predicted octanol–water partition coefficient (Wildman–Crippen LogP) is 1.22. The van der Waals surface area contributed by atoms with Crippen molar-refractivity contribution < 1.29 is 12.8 Å². The average Bonchev–Trinajstić information content (AvgIpc) is 2.82. The standard InChI is InChI=1S/C14H23FN4O2S/c1-4-5-11-9-19(14-6-7-16-8-12(14)15)10-13(11)17-22(20,21)18(2)3/h6-8,11,13,17H,4-5,9-10H2,1-3H3/t11-,13-/m1/s1. The van der Waals surface area contributed by atoms with Crippen LogP contribution in [0.2, 0.25) is 0 Å². The average molecular weight is 330 g/mol. The van der Waals surface area contributed by atoms with Crippen LogP contribution in [0.25, 0.3) is 0 Å². The van der Waals surface area contributed by atoms with Crippen molar-refractivity contribution in [3.63, 3.8) is 0 Å². The van der Waals surface area contributed by atoms with Gasteiger partial charge in [-0.25, -0.2) is 4.39 Å². The van der Waals surface area contributed by atoms with Crippen molar-refractivity contribution in [1.29, 1.82) is 0 Å². The highest BCUT2D eigenvalue weighted by atomic mass is 32.2. The maximum atomic E-state index is 13.9. The summed E-state index contributed by atoms with van der Waals surface area (Å²) in [5, 5.41) is 0. The quantitative estimate of drug-likeness (QED) is 0.852. The zero-order chi connectivity index (χ0) is 16.3. The molecule has 0 aliphatic carbocycles. The van der Waals surface area contributed by atoms with E-state index in [0.29, 0.717) is 18.8 Å². The van der Waals surface area contributed by atoms with Crippen LogP contribution in [0.1, 0.15) is 19.8 Å². The summed E-state index contributed by atoms with van der Waals surface area (Å²) in [5.41, 5.74) is 0.475. The van der Waals surface area contributed by atoms with Gasteiger partial charge in [-0.05, 0) is 18.4 Å². The van der Waals surface area contributed by atoms with Gasteiger partial charge in [-0.3, -0.25) is 4.98 Å². The molecule has 0 aromatic carbocycles. The minimum absolute atomic E-state index is 0.160. The molecule has 0 amide bonds. The lowest BCUT2D eigenvalue weighted by atomic mass is 9.99. The van der Waals surface area contributed by atoms with Gasteiger partial charge >= 0.3 is 0 Å². The second-order valence-corrected chi connectivity index (χ2v) is 7.71. The number of nitrogens with one attached hydrogen (secondary N) is 1. The zero-order valence-electron chi connectivity index (χ0n) is 13.2. The third kappa shape index (κ3) is 3.74. The fourth-order valence-corrected chi connectivity index (χ4v) is 3.65. The largest absolute Gasteiger partial charge is 0.367 e. The molecule has 0 unspecified atom stereocenters. The van der Waals surface area contributed by atoms with Crippen molar-refractivity contribution >= 4 is 15.9 Å². The summed E-state index contributed by atoms with van der Waals surface area (Å²) < 4.78 is 41.9. The smallest absolute Gasteiger partial charge is 0.279 e. The Bertz CT molecular complexity index is 609. The van der Waals surface area contributed by atoms with Crippen molar-refractivity contribution in [1.82, 2.24) is 14.0 Å². The monoisotopic (exact) mass is 330 g/mol. The van der Waals surface area contributed by atoms with Gasteiger partial charge in [0.05, 0.1) is 11.9 Å². The van der Waals surface area contributed by atoms with Crippen LogP contribution in [0.3, 0.4) is 0 Å². The van der Waals surface area contributed by atoms with E-state index in [2.05, 4.69) is 16.6 Å². The van der Waals surface area contributed by atoms with E-state index in [-0.39, 0.29) is 17.8 Å². The van der Waals surface area contributed by atoms with E-state index in [1.165, 1.54) is 20.3 Å². The molecular weight excluding hydrogens is 307 g/mol. The van der Waals surface area contributed by atoms with Crippen LogP contribution < -0.4 is 9.62 Å². The van der Waals surface area contributed by atoms with Crippen molar-refractivity contribution in [2.45, 2.75) is 25.8 Å². The predicted molar refractivity (Wildman–Crippen MR) is 84.3 cm³/mol. The highest BCUT2D eigenvalue weighted by molar-refractivity contribution is 7.87. The van der Waals surface area contributed by atoms with Gasteiger partial charge in [0.15, 0.2) is 5.82 Å². The van der Waals surface area contributed by atoms with E-state index < -0.39 is 10.2 Å². The lowest BCUT2D eigenvalue weighted by Crippen LogP contribution is -2.45. The topological polar surface area (TPSA) is 65.5 Å². The van der Waals surface area contributed by atoms with E-state index >= 15 is 0 Å². The molecule has 2 heterocycles. The number of hydrogen-bond donors (Lipinski definition) is 1. The molecule has 2 rings (SSSR count). The van der Waals surface area contributed by atoms with Crippen molar-refractivity contribution in [3.8, 4) is 0 Å². The third-order valence-electron chi connectivity index (χ3n) is 3.97. The Morgan fingerprint density at radius 2 is 2.18 bits per heavy atom. The SMILES string of the molecule is CCC[C@@H]1CN(c2ccncc2F)C[C@H]1NS(=O)(=O)N(C)C. The molecule has 0 spiro atoms. The zero-order valence-corrected chi connectivity index (χ0v) is 14.0. The molecule has 0 bridgehead atoms. The molecule has 1 aromatic heterocycles. The van der Waals surface area contributed by atoms with Gasteiger partial charge in [0.1, 0.15) is 0 Å². The van der Waals surface area contributed by atoms with Crippen LogP contribution in [0.4, 0.5) is 10.1 Å². The van der Waals surface area contributed by atoms with Gasteiger partial charge < -0.3 is 4.90 Å². The Kier molecular flexibility index (Phi) is 5.36. The van der Waals surface area contributed by atoms with Crippen LogP contribution in [0.5, 0.6) is 0 Å². The van der Waals surface area contributed by atoms with Crippen molar-refractivity contribution in [2.75, 3.05) is 32.1 Å². The van der Waals surface area contributed by atoms with Gasteiger partial charge in [0, 0.05) is 39.4 Å². The Morgan fingerprint density at radius 1 is 1.45 bits per heavy atom. The van der Waals surface area contributed by atoms with Crippen LogP contribution in [-0.4, -0.2) is 50.9 Å². The maximum Gasteiger partial charge on any atom is 0.279 e. The van der Waals surface area contributed by atoms with E-state index in [1.54, 1.807) is 12.3 Å². The first-order valence-corrected chi connectivity index (χ1v) is 8.83. The fourth-order valence-electron chi connectivity index (χ4n) is 2.79. The third-order valence-corrected chi connectivity index (χ3v) is 5.54. The van der Waals surface area contributed by atoms with Crippen LogP contribution in [0.15, 0.2) is 18.5 Å². The molecule has 6 nitrogen and oxygen atoms in total. The Labute approximate surface area is 131 Å². The highest BCUT2D eigenvalue weighted by Crippen LogP contribution is 2.28. The molecule has 2 atom stereocenters. The van der Waals surface area contributed by atoms with E-state index in [0.717, 1.165) is 17.1 Å². The summed E-state index contributed by atoms with van der Waals surface area (Å²) in [4.78, 5) is 5.64. The number of aromatic nitrogens is 1. The molecule has 1 aromatic rings. The lowest BCUT2D eigenvalue weighted by molar-refractivity contribution is 0.424. The molecule has 1 saturated heterocycles. The second kappa shape index (κ2) is 6.89. The van der Waals surface area contributed by atoms with E-state index in [9.17, 15) is 12.8 Å². The van der Waals surface area contributed by atoms with Gasteiger partial charge in [-0.2, -0.15) is 17.4 Å². The number of anilines is 1. The van der Waals surface area contributed by atoms with Gasteiger partial charge in [-0.15, -0.1) is 0 Å². The molecule has 1 N–H and O–H groups in total. The number of rotatable bonds is 6. The summed E-state index contributed by atoms with van der Waals surface area (Å²) in [6.07, 6.45) is 4.58. The summed E-state index contributed by atoms with van der Waals surface area (Å²) in [5.74, 6) is -0.221. The fraction of sp³-hybridized carbons (Fsp3) is 0.643. The van der Waals surface area contributed by atoms with Crippen LogP contribution in [0, 0.1) is 11.7 Å². The first-order chi connectivity index (χ1) is 10.3. The molecule has 0 radical (unpaired) electrons. The van der Waals surface area contributed by atoms with Crippen LogP contribution in [-0.2, 0) is 10.2 Å². The van der Waals surface area contributed by atoms with Gasteiger partial charge in [0.2, 0.25) is 0 Å². The molecule has 1 fully saturated rings. The molecule has 0 saturated carbocycles. The molecule has 8 heteroatoms. The Balaban J connectivity index is 2.18. The number of pyridine rings is 1. The maximum absolute atomic E-state index is 13.9. The minimum Gasteiger partial charge on any atom is -0.367 e. The molecule has 1 aliphatic rings. The minimum atomic E-state index is -3.50. The Hall–Kier alpha value is -1.25. The normalized spacial score (nSPS) is 22.5. The highest BCUT2D eigenvalue weighted by Gasteiger charge is 2.36. The molecule has 22 heavy (non-hydrogen) atoms. The summed E-state index contributed by atoms with van der Waals surface area (Å²) >= 11 is 0. The lowest BCUT2D eigenvalue weighted by Gasteiger charge is -2.21. The van der Waals surface area contributed by atoms with Crippen molar-refractivity contribution in [2.24, 2.45) is 5.92 Å². The Morgan fingerprint density at radius 3 is 2.77 bits per heavy atom. The molecule has 124 valence electrons. The molecule has 1 aliphatic heterocycles. The van der Waals surface area contributed by atoms with E-state index in [4.69, 9.17) is 0 Å². The number of nitrogens with zero attached hydrogens (tertiary/aromatic N) is 3. The van der Waals surface area contributed by atoms with Crippen molar-refractivity contribution in [3.05, 3.63) is 24.3 Å². The number of halogens is 1. The first-order valence-electron chi connectivity index (χ1n) is 7.39. The second-order valence-electron chi connectivity index (χ2n) is 5.79. The summed E-state index contributed by atoms with van der Waals surface area (Å²) in [7, 11) is -0.513. The summed E-state index contributed by atoms with van der Waals surface area (Å²) in [6, 6.07) is 1.40. The van der Waals surface area contributed by atoms with Gasteiger partial charge in [0.25, 0.3) is 10.2 Å². The summed E-state index contributed by atoms with van der Waals surface area (Å²) in [6.45, 7) is 3.15. The first kappa shape index (κ1) is 17.1. The van der Waals surface area contributed by atoms with Gasteiger partial charge in [-0.1, -0.05) is 13.3 Å². The number of hydrogen-bond acceptors (Lipinski definition) is 4. The van der Waals surface area contributed by atoms with Crippen LogP contribution >= 0.6 is 0 Å². The van der Waals surface area contributed by atoms with E-state index in [1.807, 2.05) is 4.90 Å². The molecular formula is C14H23FN4O2S.